The van der Waals surface area contributed by atoms with Crippen molar-refractivity contribution in [1.82, 2.24) is 0 Å². The molecule has 0 saturated heterocycles. The van der Waals surface area contributed by atoms with Gasteiger partial charge in [-0.05, 0) is 37.5 Å². The molecule has 0 bridgehead atoms. The Balaban J connectivity index is 5.11. The van der Waals surface area contributed by atoms with Crippen LogP contribution in [0.15, 0.2) is 0 Å². The Morgan fingerprint density at radius 2 is 0.531 bits per heavy atom. The molecular formula is C77H150O17P2. The number of carbonyl (C=O) groups excluding carboxylic acids is 4. The van der Waals surface area contributed by atoms with Gasteiger partial charge in [-0.25, -0.2) is 9.13 Å². The maximum atomic E-state index is 13.1. The lowest BCUT2D eigenvalue weighted by Crippen LogP contribution is -2.30. The van der Waals surface area contributed by atoms with Crippen molar-refractivity contribution in [1.29, 1.82) is 0 Å². The molecule has 570 valence electrons. The lowest BCUT2D eigenvalue weighted by atomic mass is 9.99. The number of esters is 4. The summed E-state index contributed by atoms with van der Waals surface area (Å²) in [5.74, 6) is -0.489. The van der Waals surface area contributed by atoms with Crippen molar-refractivity contribution >= 4 is 39.5 Å². The molecule has 0 amide bonds. The van der Waals surface area contributed by atoms with Crippen LogP contribution >= 0.6 is 15.6 Å². The first kappa shape index (κ1) is 94.1. The fourth-order valence-electron chi connectivity index (χ4n) is 11.8. The smallest absolute Gasteiger partial charge is 0.462 e. The van der Waals surface area contributed by atoms with E-state index in [0.29, 0.717) is 25.7 Å². The first-order valence-corrected chi connectivity index (χ1v) is 43.0. The molecule has 0 aliphatic carbocycles. The maximum absolute atomic E-state index is 13.1. The van der Waals surface area contributed by atoms with Gasteiger partial charge in [0.25, 0.3) is 0 Å². The second-order valence-electron chi connectivity index (χ2n) is 28.5. The number of phosphoric acid groups is 2. The Morgan fingerprint density at radius 3 is 0.792 bits per heavy atom. The summed E-state index contributed by atoms with van der Waals surface area (Å²) >= 11 is 0. The van der Waals surface area contributed by atoms with E-state index in [9.17, 15) is 43.2 Å². The predicted octanol–water partition coefficient (Wildman–Crippen LogP) is 22.7. The molecule has 0 fully saturated rings. The quantitative estimate of drug-likeness (QED) is 0.0222. The number of aliphatic hydroxyl groups is 1. The standard InChI is InChI=1S/C77H150O17P2/c1-7-10-12-14-15-16-17-18-23-27-32-37-42-48-54-60-75(80)88-66-73(94-77(82)61-55-49-43-38-33-28-25-22-20-19-21-24-26-31-36-41-47-52-58-70(6)9-3)68-92-96(85,86)90-64-71(78)63-89-95(83,84)91-67-72(65-87-74(79)59-53-45-13-11-8-2)93-76(81)62-56-50-44-39-34-29-30-35-40-46-51-57-69(4)5/h69-73,78H,7-68H2,1-6H3,(H,83,84)(H,85,86)/t70?,71-,72+,73+/m0/s1. The average molecular weight is 1410 g/mol. The molecule has 6 atom stereocenters. The molecule has 0 aliphatic heterocycles. The van der Waals surface area contributed by atoms with Gasteiger partial charge < -0.3 is 33.8 Å². The van der Waals surface area contributed by atoms with E-state index in [0.717, 1.165) is 108 Å². The van der Waals surface area contributed by atoms with Crippen LogP contribution in [0.1, 0.15) is 401 Å². The summed E-state index contributed by atoms with van der Waals surface area (Å²) in [5.41, 5.74) is 0. The third-order valence-electron chi connectivity index (χ3n) is 18.3. The predicted molar refractivity (Wildman–Crippen MR) is 391 cm³/mol. The van der Waals surface area contributed by atoms with Crippen LogP contribution < -0.4 is 0 Å². The first-order valence-electron chi connectivity index (χ1n) is 40.0. The lowest BCUT2D eigenvalue weighted by Gasteiger charge is -2.21. The normalized spacial score (nSPS) is 14.3. The third-order valence-corrected chi connectivity index (χ3v) is 20.2. The number of rotatable bonds is 76. The molecule has 0 aromatic carbocycles. The van der Waals surface area contributed by atoms with E-state index in [1.165, 1.54) is 212 Å². The minimum Gasteiger partial charge on any atom is -0.462 e. The van der Waals surface area contributed by atoms with Gasteiger partial charge in [0.05, 0.1) is 26.4 Å². The van der Waals surface area contributed by atoms with Gasteiger partial charge in [-0.15, -0.1) is 0 Å². The minimum absolute atomic E-state index is 0.106. The Bertz CT molecular complexity index is 1860. The molecule has 0 aromatic heterocycles. The molecule has 0 heterocycles. The lowest BCUT2D eigenvalue weighted by molar-refractivity contribution is -0.161. The molecule has 3 N–H and O–H groups in total. The molecule has 0 saturated carbocycles. The third kappa shape index (κ3) is 69.2. The van der Waals surface area contributed by atoms with Crippen molar-refractivity contribution in [3.8, 4) is 0 Å². The summed E-state index contributed by atoms with van der Waals surface area (Å²) in [6, 6.07) is 0. The first-order chi connectivity index (χ1) is 46.4. The number of hydrogen-bond donors (Lipinski definition) is 3. The van der Waals surface area contributed by atoms with Gasteiger partial charge in [-0.1, -0.05) is 350 Å². The summed E-state index contributed by atoms with van der Waals surface area (Å²) in [4.78, 5) is 72.5. The van der Waals surface area contributed by atoms with Crippen molar-refractivity contribution in [2.24, 2.45) is 11.8 Å². The van der Waals surface area contributed by atoms with Gasteiger partial charge >= 0.3 is 39.5 Å². The van der Waals surface area contributed by atoms with E-state index in [4.69, 9.17) is 37.0 Å². The van der Waals surface area contributed by atoms with Crippen LogP contribution in [0.25, 0.3) is 0 Å². The fraction of sp³-hybridized carbons (Fsp3) is 0.948. The van der Waals surface area contributed by atoms with Crippen LogP contribution in [-0.2, 0) is 65.4 Å². The average Bonchev–Trinajstić information content (AvgIpc) is 1.67. The summed E-state index contributed by atoms with van der Waals surface area (Å²) in [7, 11) is -9.90. The summed E-state index contributed by atoms with van der Waals surface area (Å²) in [5, 5.41) is 10.6. The highest BCUT2D eigenvalue weighted by Crippen LogP contribution is 2.45. The Labute approximate surface area is 588 Å². The topological polar surface area (TPSA) is 237 Å². The molecular weight excluding hydrogens is 1260 g/mol. The number of unbranched alkanes of at least 4 members (excludes halogenated alkanes) is 45. The highest BCUT2D eigenvalue weighted by Gasteiger charge is 2.30. The van der Waals surface area contributed by atoms with E-state index in [-0.39, 0.29) is 25.7 Å². The summed E-state index contributed by atoms with van der Waals surface area (Å²) in [6.07, 6.45) is 57.3. The van der Waals surface area contributed by atoms with Crippen molar-refractivity contribution in [3.05, 3.63) is 0 Å². The molecule has 3 unspecified atom stereocenters. The SMILES string of the molecule is CCCCCCCCCCCCCCCCCC(=O)OC[C@H](COP(=O)(O)OC[C@@H](O)COP(=O)(O)OC[C@@H](COC(=O)CCCCCCC)OC(=O)CCCCCCCCCCCCCC(C)C)OC(=O)CCCCCCCCCCCCCCCCCCCCC(C)CC. The van der Waals surface area contributed by atoms with Gasteiger partial charge in [-0.2, -0.15) is 0 Å². The highest BCUT2D eigenvalue weighted by atomic mass is 31.2. The molecule has 0 radical (unpaired) electrons. The van der Waals surface area contributed by atoms with E-state index < -0.39 is 97.5 Å². The fourth-order valence-corrected chi connectivity index (χ4v) is 13.4. The van der Waals surface area contributed by atoms with Crippen molar-refractivity contribution < 1.29 is 80.2 Å². The van der Waals surface area contributed by atoms with Crippen LogP contribution in [0.3, 0.4) is 0 Å². The van der Waals surface area contributed by atoms with E-state index in [1.54, 1.807) is 0 Å². The van der Waals surface area contributed by atoms with Crippen molar-refractivity contribution in [2.45, 2.75) is 419 Å². The van der Waals surface area contributed by atoms with Crippen LogP contribution in [0.4, 0.5) is 0 Å². The number of ether oxygens (including phenoxy) is 4. The summed E-state index contributed by atoms with van der Waals surface area (Å²) in [6.45, 7) is 9.58. The van der Waals surface area contributed by atoms with Crippen LogP contribution in [0.5, 0.6) is 0 Å². The molecule has 96 heavy (non-hydrogen) atoms. The Hall–Kier alpha value is -1.94. The Kier molecular flexibility index (Phi) is 67.4. The van der Waals surface area contributed by atoms with Gasteiger partial charge in [0.1, 0.15) is 19.3 Å². The highest BCUT2D eigenvalue weighted by molar-refractivity contribution is 7.47. The monoisotopic (exact) mass is 1410 g/mol. The number of phosphoric ester groups is 2. The number of carbonyl (C=O) groups is 4. The largest absolute Gasteiger partial charge is 0.472 e. The number of aliphatic hydroxyl groups excluding tert-OH is 1. The van der Waals surface area contributed by atoms with E-state index >= 15 is 0 Å². The maximum Gasteiger partial charge on any atom is 0.472 e. The van der Waals surface area contributed by atoms with Gasteiger partial charge in [0.2, 0.25) is 0 Å². The molecule has 17 nitrogen and oxygen atoms in total. The van der Waals surface area contributed by atoms with Crippen LogP contribution in [-0.4, -0.2) is 96.7 Å². The van der Waals surface area contributed by atoms with E-state index in [1.807, 2.05) is 0 Å². The molecule has 0 spiro atoms. The Morgan fingerprint density at radius 1 is 0.302 bits per heavy atom. The second kappa shape index (κ2) is 68.8. The number of hydrogen-bond acceptors (Lipinski definition) is 15. The van der Waals surface area contributed by atoms with Crippen molar-refractivity contribution in [2.75, 3.05) is 39.6 Å². The van der Waals surface area contributed by atoms with Crippen molar-refractivity contribution in [3.63, 3.8) is 0 Å². The van der Waals surface area contributed by atoms with Crippen LogP contribution in [0, 0.1) is 11.8 Å². The second-order valence-corrected chi connectivity index (χ2v) is 31.4. The zero-order valence-electron chi connectivity index (χ0n) is 62.7. The zero-order chi connectivity index (χ0) is 70.7. The van der Waals surface area contributed by atoms with Gasteiger partial charge in [0, 0.05) is 25.7 Å². The molecule has 0 aliphatic rings. The molecule has 0 aromatic rings. The van der Waals surface area contributed by atoms with Crippen LogP contribution in [0.2, 0.25) is 0 Å². The van der Waals surface area contributed by atoms with Gasteiger partial charge in [0.15, 0.2) is 12.2 Å². The summed E-state index contributed by atoms with van der Waals surface area (Å²) < 4.78 is 68.3. The zero-order valence-corrected chi connectivity index (χ0v) is 64.5. The van der Waals surface area contributed by atoms with E-state index in [2.05, 4.69) is 41.5 Å². The molecule has 0 rings (SSSR count). The minimum atomic E-state index is -4.96. The molecule has 19 heteroatoms. The van der Waals surface area contributed by atoms with Gasteiger partial charge in [-0.3, -0.25) is 37.3 Å².